The number of para-hydroxylation sites is 1. The number of benzene rings is 2. The second-order valence-electron chi connectivity index (χ2n) is 6.71. The molecule has 3 aromatic heterocycles. The van der Waals surface area contributed by atoms with E-state index in [-0.39, 0.29) is 0 Å². The molecule has 0 amide bonds. The molecular formula is C21H18N6OS3. The Hall–Kier alpha value is -2.69. The van der Waals surface area contributed by atoms with E-state index < -0.39 is 0 Å². The van der Waals surface area contributed by atoms with Crippen molar-refractivity contribution in [1.29, 1.82) is 0 Å². The lowest BCUT2D eigenvalue weighted by atomic mass is 10.2. The molecule has 2 aromatic carbocycles. The fraction of sp³-hybridized carbons (Fsp3) is 0.190. The maximum absolute atomic E-state index is 5.49. The van der Waals surface area contributed by atoms with Gasteiger partial charge in [0.05, 0.1) is 28.3 Å². The topological polar surface area (TPSA) is 82.5 Å². The minimum absolute atomic E-state index is 0.554. The first-order valence-corrected chi connectivity index (χ1v) is 12.4. The van der Waals surface area contributed by atoms with Crippen LogP contribution in [0.3, 0.4) is 0 Å². The Kier molecular flexibility index (Phi) is 6.01. The quantitative estimate of drug-likeness (QED) is 0.288. The van der Waals surface area contributed by atoms with Gasteiger partial charge >= 0.3 is 0 Å². The number of aromatic nitrogens is 6. The molecule has 0 aliphatic heterocycles. The first-order valence-electron chi connectivity index (χ1n) is 9.61. The average molecular weight is 467 g/mol. The van der Waals surface area contributed by atoms with Crippen LogP contribution in [0.2, 0.25) is 0 Å². The van der Waals surface area contributed by atoms with Gasteiger partial charge in [0.1, 0.15) is 5.82 Å². The van der Waals surface area contributed by atoms with E-state index >= 15 is 0 Å². The maximum Gasteiger partial charge on any atom is 0.226 e. The third kappa shape index (κ3) is 4.81. The first kappa shape index (κ1) is 20.2. The zero-order chi connectivity index (χ0) is 21.0. The largest absolute Gasteiger partial charge is 0.425 e. The monoisotopic (exact) mass is 466 g/mol. The van der Waals surface area contributed by atoms with E-state index in [4.69, 9.17) is 9.40 Å². The Morgan fingerprint density at radius 2 is 1.74 bits per heavy atom. The summed E-state index contributed by atoms with van der Waals surface area (Å²) >= 11 is 4.94. The Morgan fingerprint density at radius 3 is 2.55 bits per heavy atom. The zero-order valence-electron chi connectivity index (χ0n) is 16.6. The molecule has 0 unspecified atom stereocenters. The summed E-state index contributed by atoms with van der Waals surface area (Å²) in [6.07, 6.45) is 0. The van der Waals surface area contributed by atoms with Crippen LogP contribution >= 0.6 is 34.9 Å². The minimum Gasteiger partial charge on any atom is -0.425 e. The molecule has 0 fully saturated rings. The van der Waals surface area contributed by atoms with E-state index in [1.165, 1.54) is 10.3 Å². The molecular weight excluding hydrogens is 448 g/mol. The minimum atomic E-state index is 0.554. The number of thioether (sulfide) groups is 2. The van der Waals surface area contributed by atoms with Gasteiger partial charge in [0.15, 0.2) is 9.50 Å². The summed E-state index contributed by atoms with van der Waals surface area (Å²) in [5.74, 6) is 3.31. The van der Waals surface area contributed by atoms with Crippen molar-refractivity contribution >= 4 is 45.1 Å². The number of fused-ring (bicyclic) bond motifs is 1. The number of nitrogens with zero attached hydrogens (tertiary/aromatic N) is 6. The van der Waals surface area contributed by atoms with Gasteiger partial charge in [-0.2, -0.15) is 0 Å². The lowest BCUT2D eigenvalue weighted by Gasteiger charge is -2.09. The zero-order valence-corrected chi connectivity index (χ0v) is 19.1. The molecule has 7 nitrogen and oxygen atoms in total. The highest BCUT2D eigenvalue weighted by Gasteiger charge is 2.16. The van der Waals surface area contributed by atoms with Gasteiger partial charge < -0.3 is 8.98 Å². The fourth-order valence-electron chi connectivity index (χ4n) is 3.02. The molecule has 0 bridgehead atoms. The second kappa shape index (κ2) is 9.21. The highest BCUT2D eigenvalue weighted by molar-refractivity contribution is 8.00. The Bertz CT molecular complexity index is 1260. The smallest absolute Gasteiger partial charge is 0.226 e. The number of aryl methyl sites for hydroxylation is 1. The van der Waals surface area contributed by atoms with Gasteiger partial charge in [-0.05, 0) is 17.7 Å². The number of rotatable bonds is 8. The van der Waals surface area contributed by atoms with Crippen molar-refractivity contribution in [2.24, 2.45) is 0 Å². The van der Waals surface area contributed by atoms with Gasteiger partial charge in [0.2, 0.25) is 11.8 Å². The third-order valence-electron chi connectivity index (χ3n) is 4.47. The molecule has 0 atom stereocenters. The number of hydrogen-bond donors (Lipinski definition) is 0. The summed E-state index contributed by atoms with van der Waals surface area (Å²) in [4.78, 5) is 4.72. The SMILES string of the molecule is Cc1nnc(CSc2nnc(CSc3nc4ccccc4s3)n2Cc2ccccc2)o1. The molecule has 0 aliphatic carbocycles. The lowest BCUT2D eigenvalue weighted by molar-refractivity contribution is 0.485. The summed E-state index contributed by atoms with van der Waals surface area (Å²) in [6, 6.07) is 18.5. The van der Waals surface area contributed by atoms with Crippen molar-refractivity contribution in [3.63, 3.8) is 0 Å². The summed E-state index contributed by atoms with van der Waals surface area (Å²) < 4.78 is 9.88. The Balaban J connectivity index is 1.36. The molecule has 31 heavy (non-hydrogen) atoms. The van der Waals surface area contributed by atoms with Crippen molar-refractivity contribution in [2.45, 2.75) is 34.5 Å². The summed E-state index contributed by atoms with van der Waals surface area (Å²) in [5.41, 5.74) is 2.23. The van der Waals surface area contributed by atoms with E-state index in [1.807, 2.05) is 36.4 Å². The molecule has 5 aromatic rings. The molecule has 0 saturated heterocycles. The van der Waals surface area contributed by atoms with Crippen molar-refractivity contribution in [1.82, 2.24) is 29.9 Å². The van der Waals surface area contributed by atoms with Gasteiger partial charge in [-0.3, -0.25) is 0 Å². The standard InChI is InChI=1S/C21H18N6OS3/c1-14-23-25-19(28-14)13-29-20-26-24-18(27(20)11-15-7-3-2-4-8-15)12-30-21-22-16-9-5-6-10-17(16)31-21/h2-10H,11-13H2,1H3. The van der Waals surface area contributed by atoms with Crippen LogP contribution in [0.25, 0.3) is 10.2 Å². The highest BCUT2D eigenvalue weighted by atomic mass is 32.2. The molecule has 0 radical (unpaired) electrons. The van der Waals surface area contributed by atoms with E-state index in [1.54, 1.807) is 41.8 Å². The highest BCUT2D eigenvalue weighted by Crippen LogP contribution is 2.32. The van der Waals surface area contributed by atoms with Gasteiger partial charge in [-0.1, -0.05) is 66.0 Å². The van der Waals surface area contributed by atoms with Crippen LogP contribution in [0.1, 0.15) is 23.2 Å². The van der Waals surface area contributed by atoms with E-state index in [9.17, 15) is 0 Å². The van der Waals surface area contributed by atoms with Crippen LogP contribution in [0.4, 0.5) is 0 Å². The molecule has 5 rings (SSSR count). The lowest BCUT2D eigenvalue weighted by Crippen LogP contribution is -2.06. The molecule has 156 valence electrons. The van der Waals surface area contributed by atoms with Gasteiger partial charge in [0, 0.05) is 6.92 Å². The summed E-state index contributed by atoms with van der Waals surface area (Å²) in [5, 5.41) is 17.7. The van der Waals surface area contributed by atoms with Crippen LogP contribution in [0.15, 0.2) is 68.5 Å². The predicted molar refractivity (Wildman–Crippen MR) is 123 cm³/mol. The van der Waals surface area contributed by atoms with Crippen LogP contribution in [0, 0.1) is 6.92 Å². The summed E-state index contributed by atoms with van der Waals surface area (Å²) in [6.45, 7) is 2.49. The average Bonchev–Trinajstić information content (AvgIpc) is 3.50. The van der Waals surface area contributed by atoms with Crippen LogP contribution in [-0.4, -0.2) is 29.9 Å². The molecule has 0 saturated carbocycles. The van der Waals surface area contributed by atoms with E-state index in [2.05, 4.69) is 43.2 Å². The maximum atomic E-state index is 5.49. The van der Waals surface area contributed by atoms with Crippen LogP contribution < -0.4 is 0 Å². The Labute approximate surface area is 191 Å². The fourth-order valence-corrected chi connectivity index (χ4v) is 5.82. The van der Waals surface area contributed by atoms with Crippen LogP contribution in [-0.2, 0) is 18.1 Å². The second-order valence-corrected chi connectivity index (χ2v) is 9.91. The molecule has 0 N–H and O–H groups in total. The summed E-state index contributed by atoms with van der Waals surface area (Å²) in [7, 11) is 0. The molecule has 3 heterocycles. The number of thiazole rings is 1. The van der Waals surface area contributed by atoms with Gasteiger partial charge in [0.25, 0.3) is 0 Å². The van der Waals surface area contributed by atoms with E-state index in [0.717, 1.165) is 20.8 Å². The van der Waals surface area contributed by atoms with E-state index in [0.29, 0.717) is 29.8 Å². The van der Waals surface area contributed by atoms with Crippen molar-refractivity contribution in [3.8, 4) is 0 Å². The third-order valence-corrected chi connectivity index (χ3v) is 7.60. The van der Waals surface area contributed by atoms with Gasteiger partial charge in [-0.15, -0.1) is 31.7 Å². The predicted octanol–water partition coefficient (Wildman–Crippen LogP) is 5.21. The van der Waals surface area contributed by atoms with Crippen molar-refractivity contribution in [3.05, 3.63) is 77.8 Å². The normalized spacial score (nSPS) is 11.4. The van der Waals surface area contributed by atoms with Crippen LogP contribution in [0.5, 0.6) is 0 Å². The van der Waals surface area contributed by atoms with Gasteiger partial charge in [-0.25, -0.2) is 4.98 Å². The molecule has 0 aliphatic rings. The Morgan fingerprint density at radius 1 is 0.903 bits per heavy atom. The first-order chi connectivity index (χ1) is 15.2. The molecule has 0 spiro atoms. The number of hydrogen-bond acceptors (Lipinski definition) is 9. The van der Waals surface area contributed by atoms with Crippen molar-refractivity contribution < 1.29 is 4.42 Å². The van der Waals surface area contributed by atoms with Crippen molar-refractivity contribution in [2.75, 3.05) is 0 Å². The molecule has 10 heteroatoms.